The number of hydrogen-bond donors (Lipinski definition) is 0. The molecule has 3 rings (SSSR count). The number of nitrogens with zero attached hydrogens (tertiary/aromatic N) is 3. The van der Waals surface area contributed by atoms with Crippen LogP contribution in [0.2, 0.25) is 0 Å². The van der Waals surface area contributed by atoms with Gasteiger partial charge in [0.2, 0.25) is 0 Å². The Morgan fingerprint density at radius 3 is 1.48 bits per heavy atom. The summed E-state index contributed by atoms with van der Waals surface area (Å²) < 4.78 is 0. The number of rotatable bonds is 8. The van der Waals surface area contributed by atoms with E-state index in [1.807, 2.05) is 0 Å². The van der Waals surface area contributed by atoms with E-state index >= 15 is 0 Å². The predicted molar refractivity (Wildman–Crippen MR) is 122 cm³/mol. The summed E-state index contributed by atoms with van der Waals surface area (Å²) in [5.74, 6) is 0. The van der Waals surface area contributed by atoms with Crippen molar-refractivity contribution in [1.82, 2.24) is 0 Å². The van der Waals surface area contributed by atoms with Gasteiger partial charge in [0.05, 0.1) is 0 Å². The maximum absolute atomic E-state index is 8.57. The van der Waals surface area contributed by atoms with Gasteiger partial charge in [-0.05, 0) is 0 Å². The van der Waals surface area contributed by atoms with Crippen LogP contribution >= 0.6 is 20.8 Å². The minimum atomic E-state index is -2.82. The third-order valence-electron chi connectivity index (χ3n) is 5.03. The predicted octanol–water partition coefficient (Wildman–Crippen LogP) is 5.92. The first kappa shape index (κ1) is 19.6. The fraction of sp³-hybridized carbons (Fsp3) is 0.182. The molecule has 0 N–H and O–H groups in total. The van der Waals surface area contributed by atoms with Crippen LogP contribution in [0, 0.1) is 0 Å². The molecule has 138 valence electrons. The molecule has 0 saturated carbocycles. The van der Waals surface area contributed by atoms with E-state index < -0.39 is 5.31 Å². The Labute approximate surface area is 168 Å². The third-order valence-corrected chi connectivity index (χ3v) is 15.1. The molecule has 0 aliphatic heterocycles. The Kier molecular flexibility index (Phi) is 6.34. The molecule has 0 aliphatic carbocycles. The zero-order valence-corrected chi connectivity index (χ0v) is 17.6. The second-order valence-corrected chi connectivity index (χ2v) is 15.6. The van der Waals surface area contributed by atoms with Gasteiger partial charge in [0, 0.05) is 0 Å². The van der Waals surface area contributed by atoms with Crippen molar-refractivity contribution in [2.45, 2.75) is 12.8 Å². The van der Waals surface area contributed by atoms with Crippen molar-refractivity contribution in [3.8, 4) is 0 Å². The molecule has 27 heavy (non-hydrogen) atoms. The summed E-state index contributed by atoms with van der Waals surface area (Å²) in [6.07, 6.45) is 2.82. The summed E-state index contributed by atoms with van der Waals surface area (Å²) in [5.41, 5.74) is 8.57. The molecular formula is C22H23BrN3P. The number of benzene rings is 3. The summed E-state index contributed by atoms with van der Waals surface area (Å²) >= 11 is 4.41. The molecular weight excluding hydrogens is 417 g/mol. The van der Waals surface area contributed by atoms with Crippen LogP contribution < -0.4 is 15.9 Å². The standard InChI is InChI=1S/C22H23BrN3P/c23-27(19-11-10-18-25-26-24,20-12-4-1-5-13-20,21-14-6-2-7-15-21)22-16-8-3-9-17-22/h1-9,12-17H,10-11,18-19H2. The van der Waals surface area contributed by atoms with Crippen molar-refractivity contribution in [3.05, 3.63) is 101 Å². The van der Waals surface area contributed by atoms with E-state index in [9.17, 15) is 0 Å². The van der Waals surface area contributed by atoms with Crippen LogP contribution in [0.15, 0.2) is 96.1 Å². The minimum absolute atomic E-state index is 0.536. The number of azide groups is 1. The molecule has 3 aromatic rings. The summed E-state index contributed by atoms with van der Waals surface area (Å²) in [6.45, 7) is 0.536. The van der Waals surface area contributed by atoms with E-state index in [0.29, 0.717) is 6.54 Å². The Balaban J connectivity index is 2.21. The van der Waals surface area contributed by atoms with Crippen LogP contribution in [0.5, 0.6) is 0 Å². The zero-order valence-electron chi connectivity index (χ0n) is 15.2. The van der Waals surface area contributed by atoms with Crippen LogP contribution in [0.1, 0.15) is 12.8 Å². The summed E-state index contributed by atoms with van der Waals surface area (Å²) in [6, 6.07) is 32.3. The molecule has 0 atom stereocenters. The number of halogens is 1. The van der Waals surface area contributed by atoms with Crippen molar-refractivity contribution in [3.63, 3.8) is 0 Å². The van der Waals surface area contributed by atoms with Crippen LogP contribution in [0.4, 0.5) is 0 Å². The average Bonchev–Trinajstić information content (AvgIpc) is 2.75. The fourth-order valence-electron chi connectivity index (χ4n) is 3.69. The normalized spacial score (nSPS) is 12.6. The summed E-state index contributed by atoms with van der Waals surface area (Å²) in [5, 5.41) is 4.87. The molecule has 0 radical (unpaired) electrons. The van der Waals surface area contributed by atoms with Gasteiger partial charge in [-0.1, -0.05) is 0 Å². The van der Waals surface area contributed by atoms with E-state index in [1.165, 1.54) is 15.9 Å². The quantitative estimate of drug-likeness (QED) is 0.137. The molecule has 3 nitrogen and oxygen atoms in total. The molecule has 0 fully saturated rings. The first-order valence-corrected chi connectivity index (χ1v) is 13.5. The summed E-state index contributed by atoms with van der Waals surface area (Å²) in [4.78, 5) is 2.89. The van der Waals surface area contributed by atoms with Crippen molar-refractivity contribution in [1.29, 1.82) is 0 Å². The Morgan fingerprint density at radius 2 is 1.11 bits per heavy atom. The van der Waals surface area contributed by atoms with Gasteiger partial charge in [-0.3, -0.25) is 0 Å². The second kappa shape index (κ2) is 8.71. The number of unbranched alkanes of at least 4 members (excludes halogenated alkanes) is 1. The van der Waals surface area contributed by atoms with Gasteiger partial charge in [-0.15, -0.1) is 0 Å². The van der Waals surface area contributed by atoms with Gasteiger partial charge in [0.15, 0.2) is 0 Å². The van der Waals surface area contributed by atoms with E-state index in [4.69, 9.17) is 5.53 Å². The molecule has 0 unspecified atom stereocenters. The van der Waals surface area contributed by atoms with Crippen molar-refractivity contribution in [2.75, 3.05) is 12.7 Å². The van der Waals surface area contributed by atoms with E-state index in [0.717, 1.165) is 19.0 Å². The van der Waals surface area contributed by atoms with Crippen molar-refractivity contribution in [2.24, 2.45) is 5.11 Å². The molecule has 0 amide bonds. The Bertz CT molecular complexity index is 811. The molecule has 0 heterocycles. The fourth-order valence-corrected chi connectivity index (χ4v) is 11.4. The monoisotopic (exact) mass is 439 g/mol. The van der Waals surface area contributed by atoms with Gasteiger partial charge in [0.25, 0.3) is 0 Å². The first-order chi connectivity index (χ1) is 13.2. The Morgan fingerprint density at radius 1 is 0.704 bits per heavy atom. The zero-order chi connectivity index (χ0) is 19.0. The van der Waals surface area contributed by atoms with Crippen LogP contribution in [0.3, 0.4) is 0 Å². The molecule has 0 aromatic heterocycles. The van der Waals surface area contributed by atoms with Gasteiger partial charge < -0.3 is 0 Å². The van der Waals surface area contributed by atoms with Gasteiger partial charge >= 0.3 is 169 Å². The Hall–Kier alpha value is -2.12. The molecule has 3 aromatic carbocycles. The molecule has 0 bridgehead atoms. The van der Waals surface area contributed by atoms with Crippen LogP contribution in [0.25, 0.3) is 10.4 Å². The van der Waals surface area contributed by atoms with Crippen molar-refractivity contribution >= 4 is 36.7 Å². The van der Waals surface area contributed by atoms with Gasteiger partial charge in [0.1, 0.15) is 0 Å². The molecule has 0 aliphatic rings. The third kappa shape index (κ3) is 3.80. The molecule has 0 saturated heterocycles. The maximum atomic E-state index is 8.57. The summed E-state index contributed by atoms with van der Waals surface area (Å²) in [7, 11) is 0. The van der Waals surface area contributed by atoms with E-state index in [2.05, 4.69) is 117 Å². The van der Waals surface area contributed by atoms with Gasteiger partial charge in [-0.2, -0.15) is 0 Å². The van der Waals surface area contributed by atoms with Crippen molar-refractivity contribution < 1.29 is 0 Å². The molecule has 5 heteroatoms. The first-order valence-electron chi connectivity index (χ1n) is 9.10. The van der Waals surface area contributed by atoms with E-state index in [-0.39, 0.29) is 0 Å². The van der Waals surface area contributed by atoms with Gasteiger partial charge in [-0.25, -0.2) is 0 Å². The van der Waals surface area contributed by atoms with E-state index in [1.54, 1.807) is 0 Å². The number of hydrogen-bond acceptors (Lipinski definition) is 1. The van der Waals surface area contributed by atoms with Crippen LogP contribution in [-0.4, -0.2) is 12.7 Å². The van der Waals surface area contributed by atoms with Crippen LogP contribution in [-0.2, 0) is 0 Å². The second-order valence-electron chi connectivity index (χ2n) is 6.57. The molecule has 0 spiro atoms. The average molecular weight is 440 g/mol. The topological polar surface area (TPSA) is 48.8 Å². The SMILES string of the molecule is [N-]=[N+]=NCCCCP(Br)(c1ccccc1)(c1ccccc1)c1ccccc1.